The number of aliphatic hydroxyl groups is 1. The minimum Gasteiger partial charge on any atom is -0.388 e. The number of hydrogen-bond acceptors (Lipinski definition) is 3. The predicted octanol–water partition coefficient (Wildman–Crippen LogP) is 1.52. The van der Waals surface area contributed by atoms with Crippen molar-refractivity contribution in [2.45, 2.75) is 25.5 Å². The Bertz CT molecular complexity index is 359. The molecule has 94 valence electrons. The van der Waals surface area contributed by atoms with E-state index in [4.69, 9.17) is 5.73 Å². The lowest BCUT2D eigenvalue weighted by atomic mass is 9.86. The summed E-state index contributed by atoms with van der Waals surface area (Å²) in [6, 6.07) is 7.97. The van der Waals surface area contributed by atoms with Gasteiger partial charge >= 0.3 is 0 Å². The van der Waals surface area contributed by atoms with Gasteiger partial charge in [-0.1, -0.05) is 24.3 Å². The molecule has 1 unspecified atom stereocenters. The van der Waals surface area contributed by atoms with Crippen LogP contribution in [0.15, 0.2) is 24.3 Å². The standard InChI is InChI=1S/C14H22N2O/c1-16-8-6-11(7-9-16)14(17)13-5-3-2-4-12(13)10-15/h2-5,11,14,17H,6-10,15H2,1H3. The summed E-state index contributed by atoms with van der Waals surface area (Å²) in [5.41, 5.74) is 7.81. The fraction of sp³-hybridized carbons (Fsp3) is 0.571. The molecule has 0 radical (unpaired) electrons. The molecule has 1 atom stereocenters. The number of likely N-dealkylation sites (tertiary alicyclic amines) is 1. The fourth-order valence-electron chi connectivity index (χ4n) is 2.61. The lowest BCUT2D eigenvalue weighted by Crippen LogP contribution is -2.33. The maximum atomic E-state index is 10.5. The van der Waals surface area contributed by atoms with Crippen LogP contribution < -0.4 is 5.73 Å². The van der Waals surface area contributed by atoms with Gasteiger partial charge in [-0.15, -0.1) is 0 Å². The number of nitrogens with two attached hydrogens (primary N) is 1. The Morgan fingerprint density at radius 2 is 2.00 bits per heavy atom. The summed E-state index contributed by atoms with van der Waals surface area (Å²) in [4.78, 5) is 2.32. The molecule has 3 N–H and O–H groups in total. The molecular formula is C14H22N2O. The van der Waals surface area contributed by atoms with Crippen molar-refractivity contribution in [2.24, 2.45) is 11.7 Å². The fourth-order valence-corrected chi connectivity index (χ4v) is 2.61. The monoisotopic (exact) mass is 234 g/mol. The molecule has 1 aromatic carbocycles. The van der Waals surface area contributed by atoms with E-state index in [1.165, 1.54) is 0 Å². The van der Waals surface area contributed by atoms with Gasteiger partial charge in [0.2, 0.25) is 0 Å². The van der Waals surface area contributed by atoms with Crippen molar-refractivity contribution < 1.29 is 5.11 Å². The molecule has 1 aliphatic heterocycles. The average molecular weight is 234 g/mol. The second kappa shape index (κ2) is 5.63. The van der Waals surface area contributed by atoms with Crippen LogP contribution in [-0.4, -0.2) is 30.1 Å². The second-order valence-electron chi connectivity index (χ2n) is 4.99. The molecule has 0 aliphatic carbocycles. The van der Waals surface area contributed by atoms with Gasteiger partial charge in [0.1, 0.15) is 0 Å². The summed E-state index contributed by atoms with van der Waals surface area (Å²) in [7, 11) is 2.14. The van der Waals surface area contributed by atoms with Gasteiger partial charge in [-0.3, -0.25) is 0 Å². The molecule has 1 aromatic rings. The van der Waals surface area contributed by atoms with Crippen LogP contribution in [0, 0.1) is 5.92 Å². The van der Waals surface area contributed by atoms with Crippen molar-refractivity contribution in [1.82, 2.24) is 4.90 Å². The van der Waals surface area contributed by atoms with E-state index >= 15 is 0 Å². The molecule has 3 heteroatoms. The van der Waals surface area contributed by atoms with Crippen molar-refractivity contribution in [3.63, 3.8) is 0 Å². The van der Waals surface area contributed by atoms with E-state index in [0.29, 0.717) is 12.5 Å². The summed E-state index contributed by atoms with van der Waals surface area (Å²) >= 11 is 0. The van der Waals surface area contributed by atoms with Gasteiger partial charge in [0.25, 0.3) is 0 Å². The number of hydrogen-bond donors (Lipinski definition) is 2. The van der Waals surface area contributed by atoms with E-state index in [-0.39, 0.29) is 6.10 Å². The van der Waals surface area contributed by atoms with Gasteiger partial charge in [-0.25, -0.2) is 0 Å². The van der Waals surface area contributed by atoms with Gasteiger partial charge < -0.3 is 15.7 Å². The van der Waals surface area contributed by atoms with Crippen LogP contribution in [0.1, 0.15) is 30.1 Å². The highest BCUT2D eigenvalue weighted by molar-refractivity contribution is 5.29. The third-order valence-corrected chi connectivity index (χ3v) is 3.80. The smallest absolute Gasteiger partial charge is 0.0822 e. The van der Waals surface area contributed by atoms with Gasteiger partial charge in [0, 0.05) is 6.54 Å². The molecule has 1 aliphatic rings. The zero-order valence-corrected chi connectivity index (χ0v) is 10.5. The minimum absolute atomic E-state index is 0.358. The molecule has 0 spiro atoms. The quantitative estimate of drug-likeness (QED) is 0.833. The van der Waals surface area contributed by atoms with Crippen LogP contribution >= 0.6 is 0 Å². The van der Waals surface area contributed by atoms with Crippen molar-refractivity contribution in [2.75, 3.05) is 20.1 Å². The molecule has 0 amide bonds. The first kappa shape index (κ1) is 12.6. The molecule has 3 nitrogen and oxygen atoms in total. The summed E-state index contributed by atoms with van der Waals surface area (Å²) in [6.45, 7) is 2.65. The summed E-state index contributed by atoms with van der Waals surface area (Å²) in [6.07, 6.45) is 1.77. The van der Waals surface area contributed by atoms with Gasteiger partial charge in [0.15, 0.2) is 0 Å². The minimum atomic E-state index is -0.358. The number of aliphatic hydroxyl groups excluding tert-OH is 1. The summed E-state index contributed by atoms with van der Waals surface area (Å²) in [5.74, 6) is 0.374. The van der Waals surface area contributed by atoms with Crippen LogP contribution in [0.25, 0.3) is 0 Å². The number of rotatable bonds is 3. The SMILES string of the molecule is CN1CCC(C(O)c2ccccc2CN)CC1. The molecule has 1 heterocycles. The first-order valence-electron chi connectivity index (χ1n) is 6.37. The van der Waals surface area contributed by atoms with Crippen LogP contribution in [-0.2, 0) is 6.54 Å². The zero-order chi connectivity index (χ0) is 12.3. The largest absolute Gasteiger partial charge is 0.388 e. The van der Waals surface area contributed by atoms with E-state index in [2.05, 4.69) is 11.9 Å². The molecule has 0 saturated carbocycles. The van der Waals surface area contributed by atoms with Crippen molar-refractivity contribution in [1.29, 1.82) is 0 Å². The first-order chi connectivity index (χ1) is 8.22. The Kier molecular flexibility index (Phi) is 4.15. The topological polar surface area (TPSA) is 49.5 Å². The summed E-state index contributed by atoms with van der Waals surface area (Å²) < 4.78 is 0. The van der Waals surface area contributed by atoms with Gasteiger partial charge in [-0.2, -0.15) is 0 Å². The van der Waals surface area contributed by atoms with E-state index in [0.717, 1.165) is 37.1 Å². The normalized spacial score (nSPS) is 20.4. The first-order valence-corrected chi connectivity index (χ1v) is 6.37. The molecule has 0 aromatic heterocycles. The van der Waals surface area contributed by atoms with E-state index in [1.54, 1.807) is 0 Å². The Hall–Kier alpha value is -0.900. The summed E-state index contributed by atoms with van der Waals surface area (Å²) in [5, 5.41) is 10.5. The lowest BCUT2D eigenvalue weighted by molar-refractivity contribution is 0.0651. The Balaban J connectivity index is 2.10. The van der Waals surface area contributed by atoms with Crippen molar-refractivity contribution in [3.8, 4) is 0 Å². The van der Waals surface area contributed by atoms with Crippen LogP contribution in [0.4, 0.5) is 0 Å². The number of piperidine rings is 1. The molecule has 1 saturated heterocycles. The zero-order valence-electron chi connectivity index (χ0n) is 10.5. The number of nitrogens with zero attached hydrogens (tertiary/aromatic N) is 1. The van der Waals surface area contributed by atoms with Gasteiger partial charge in [-0.05, 0) is 50.0 Å². The van der Waals surface area contributed by atoms with Crippen LogP contribution in [0.2, 0.25) is 0 Å². The highest BCUT2D eigenvalue weighted by Gasteiger charge is 2.25. The maximum absolute atomic E-state index is 10.5. The molecular weight excluding hydrogens is 212 g/mol. The average Bonchev–Trinajstić information content (AvgIpc) is 2.39. The molecule has 2 rings (SSSR count). The van der Waals surface area contributed by atoms with Crippen LogP contribution in [0.5, 0.6) is 0 Å². The maximum Gasteiger partial charge on any atom is 0.0822 e. The lowest BCUT2D eigenvalue weighted by Gasteiger charge is -2.32. The van der Waals surface area contributed by atoms with Crippen molar-refractivity contribution in [3.05, 3.63) is 35.4 Å². The number of benzene rings is 1. The molecule has 1 fully saturated rings. The van der Waals surface area contributed by atoms with Gasteiger partial charge in [0.05, 0.1) is 6.10 Å². The highest BCUT2D eigenvalue weighted by atomic mass is 16.3. The second-order valence-corrected chi connectivity index (χ2v) is 4.99. The molecule has 17 heavy (non-hydrogen) atoms. The third kappa shape index (κ3) is 2.86. The van der Waals surface area contributed by atoms with E-state index in [9.17, 15) is 5.11 Å². The Morgan fingerprint density at radius 1 is 1.35 bits per heavy atom. The molecule has 0 bridgehead atoms. The Labute approximate surface area is 103 Å². The van der Waals surface area contributed by atoms with Crippen LogP contribution in [0.3, 0.4) is 0 Å². The third-order valence-electron chi connectivity index (χ3n) is 3.80. The predicted molar refractivity (Wildman–Crippen MR) is 69.5 cm³/mol. The van der Waals surface area contributed by atoms with E-state index < -0.39 is 0 Å². The van der Waals surface area contributed by atoms with E-state index in [1.807, 2.05) is 24.3 Å². The van der Waals surface area contributed by atoms with Crippen molar-refractivity contribution >= 4 is 0 Å². The highest BCUT2D eigenvalue weighted by Crippen LogP contribution is 2.31. The Morgan fingerprint density at radius 3 is 2.65 bits per heavy atom.